The molecule has 0 spiro atoms. The molecule has 0 aliphatic heterocycles. The second-order valence-corrected chi connectivity index (χ2v) is 5.66. The van der Waals surface area contributed by atoms with E-state index in [2.05, 4.69) is 5.32 Å². The first-order valence-corrected chi connectivity index (χ1v) is 7.31. The Kier molecular flexibility index (Phi) is 7.35. The van der Waals surface area contributed by atoms with Crippen LogP contribution in [0.25, 0.3) is 0 Å². The van der Waals surface area contributed by atoms with Crippen LogP contribution in [0, 0.1) is 5.92 Å². The summed E-state index contributed by atoms with van der Waals surface area (Å²) >= 11 is 6.08. The zero-order valence-electron chi connectivity index (χ0n) is 11.5. The van der Waals surface area contributed by atoms with Crippen molar-refractivity contribution in [3.05, 3.63) is 34.9 Å². The zero-order valence-corrected chi connectivity index (χ0v) is 13.1. The lowest BCUT2D eigenvalue weighted by atomic mass is 9.85. The molecule has 3 N–H and O–H groups in total. The van der Waals surface area contributed by atoms with Gasteiger partial charge in [-0.05, 0) is 37.3 Å². The van der Waals surface area contributed by atoms with Crippen molar-refractivity contribution in [1.29, 1.82) is 0 Å². The quantitative estimate of drug-likeness (QED) is 0.897. The van der Waals surface area contributed by atoms with Crippen molar-refractivity contribution in [1.82, 2.24) is 5.32 Å². The fraction of sp³-hybridized carbons (Fsp3) is 0.533. The molecule has 3 nitrogen and oxygen atoms in total. The molecule has 0 radical (unpaired) electrons. The molecule has 0 aromatic heterocycles. The number of rotatable bonds is 4. The second kappa shape index (κ2) is 8.50. The molecule has 1 amide bonds. The molecule has 112 valence electrons. The fourth-order valence-corrected chi connectivity index (χ4v) is 2.86. The Morgan fingerprint density at radius 3 is 2.80 bits per heavy atom. The van der Waals surface area contributed by atoms with Gasteiger partial charge in [-0.2, -0.15) is 0 Å². The Labute approximate surface area is 131 Å². The lowest BCUT2D eigenvalue weighted by molar-refractivity contribution is -0.126. The highest BCUT2D eigenvalue weighted by Gasteiger charge is 2.24. The molecule has 1 saturated carbocycles. The first-order chi connectivity index (χ1) is 9.16. The summed E-state index contributed by atoms with van der Waals surface area (Å²) in [7, 11) is 0. The van der Waals surface area contributed by atoms with E-state index in [-0.39, 0.29) is 30.3 Å². The molecular weight excluding hydrogens is 295 g/mol. The van der Waals surface area contributed by atoms with E-state index in [0.29, 0.717) is 6.54 Å². The Balaban J connectivity index is 0.00000200. The molecule has 2 atom stereocenters. The molecule has 2 rings (SSSR count). The van der Waals surface area contributed by atoms with E-state index in [0.717, 1.165) is 42.7 Å². The maximum atomic E-state index is 12.0. The van der Waals surface area contributed by atoms with Crippen LogP contribution in [-0.4, -0.2) is 18.5 Å². The highest BCUT2D eigenvalue weighted by Crippen LogP contribution is 2.23. The maximum Gasteiger partial charge on any atom is 0.223 e. The molecule has 2 unspecified atom stereocenters. The molecule has 1 aliphatic carbocycles. The molecule has 1 aliphatic rings. The molecule has 5 heteroatoms. The van der Waals surface area contributed by atoms with Crippen molar-refractivity contribution in [2.75, 3.05) is 6.54 Å². The Hall–Kier alpha value is -0.770. The van der Waals surface area contributed by atoms with Crippen LogP contribution >= 0.6 is 24.0 Å². The number of hydrogen-bond acceptors (Lipinski definition) is 2. The van der Waals surface area contributed by atoms with Gasteiger partial charge in [-0.25, -0.2) is 0 Å². The van der Waals surface area contributed by atoms with E-state index < -0.39 is 0 Å². The molecule has 1 fully saturated rings. The normalized spacial score (nSPS) is 21.9. The van der Waals surface area contributed by atoms with Crippen LogP contribution in [0.4, 0.5) is 0 Å². The highest BCUT2D eigenvalue weighted by molar-refractivity contribution is 6.31. The van der Waals surface area contributed by atoms with Gasteiger partial charge in [0, 0.05) is 23.5 Å². The average molecular weight is 317 g/mol. The molecule has 0 saturated heterocycles. The summed E-state index contributed by atoms with van der Waals surface area (Å²) in [6.07, 6.45) is 4.65. The van der Waals surface area contributed by atoms with Crippen molar-refractivity contribution in [3.8, 4) is 0 Å². The first-order valence-electron chi connectivity index (χ1n) is 6.93. The van der Waals surface area contributed by atoms with Gasteiger partial charge in [-0.15, -0.1) is 12.4 Å². The predicted molar refractivity (Wildman–Crippen MR) is 85.3 cm³/mol. The van der Waals surface area contributed by atoms with Crippen LogP contribution in [0.3, 0.4) is 0 Å². The van der Waals surface area contributed by atoms with Gasteiger partial charge < -0.3 is 11.1 Å². The molecular formula is C15H22Cl2N2O. The Morgan fingerprint density at radius 2 is 2.10 bits per heavy atom. The monoisotopic (exact) mass is 316 g/mol. The van der Waals surface area contributed by atoms with Gasteiger partial charge in [0.25, 0.3) is 0 Å². The molecule has 0 heterocycles. The average Bonchev–Trinajstić information content (AvgIpc) is 2.41. The summed E-state index contributed by atoms with van der Waals surface area (Å²) in [5.74, 6) is 0.234. The van der Waals surface area contributed by atoms with E-state index in [1.807, 2.05) is 24.3 Å². The number of benzene rings is 1. The molecule has 0 bridgehead atoms. The number of amides is 1. The third-order valence-electron chi connectivity index (χ3n) is 3.74. The van der Waals surface area contributed by atoms with Crippen LogP contribution in [-0.2, 0) is 11.2 Å². The van der Waals surface area contributed by atoms with Crippen LogP contribution < -0.4 is 11.1 Å². The van der Waals surface area contributed by atoms with Gasteiger partial charge in [-0.1, -0.05) is 36.2 Å². The minimum atomic E-state index is 0. The second-order valence-electron chi connectivity index (χ2n) is 5.26. The number of carbonyl (C=O) groups excluding carboxylic acids is 1. The maximum absolute atomic E-state index is 12.0. The van der Waals surface area contributed by atoms with Crippen molar-refractivity contribution in [3.63, 3.8) is 0 Å². The van der Waals surface area contributed by atoms with Gasteiger partial charge in [-0.3, -0.25) is 4.79 Å². The topological polar surface area (TPSA) is 55.1 Å². The first kappa shape index (κ1) is 17.3. The van der Waals surface area contributed by atoms with Crippen LogP contribution in [0.1, 0.15) is 31.2 Å². The number of nitrogens with two attached hydrogens (primary N) is 1. The van der Waals surface area contributed by atoms with E-state index in [1.54, 1.807) is 0 Å². The summed E-state index contributed by atoms with van der Waals surface area (Å²) in [5, 5.41) is 3.76. The molecule has 1 aromatic carbocycles. The Morgan fingerprint density at radius 1 is 1.35 bits per heavy atom. The minimum absolute atomic E-state index is 0. The van der Waals surface area contributed by atoms with Crippen LogP contribution in [0.2, 0.25) is 5.02 Å². The number of carbonyl (C=O) groups is 1. The lowest BCUT2D eigenvalue weighted by Gasteiger charge is -2.25. The largest absolute Gasteiger partial charge is 0.356 e. The summed E-state index contributed by atoms with van der Waals surface area (Å²) in [4.78, 5) is 12.0. The van der Waals surface area contributed by atoms with E-state index in [1.165, 1.54) is 0 Å². The number of halogens is 2. The summed E-state index contributed by atoms with van der Waals surface area (Å²) < 4.78 is 0. The van der Waals surface area contributed by atoms with E-state index in [4.69, 9.17) is 17.3 Å². The summed E-state index contributed by atoms with van der Waals surface area (Å²) in [6, 6.07) is 7.93. The van der Waals surface area contributed by atoms with Gasteiger partial charge in [0.2, 0.25) is 5.91 Å². The van der Waals surface area contributed by atoms with E-state index >= 15 is 0 Å². The smallest absolute Gasteiger partial charge is 0.223 e. The van der Waals surface area contributed by atoms with Gasteiger partial charge in [0.05, 0.1) is 0 Å². The van der Waals surface area contributed by atoms with Crippen molar-refractivity contribution < 1.29 is 4.79 Å². The van der Waals surface area contributed by atoms with Crippen molar-refractivity contribution in [2.45, 2.75) is 38.1 Å². The van der Waals surface area contributed by atoms with E-state index in [9.17, 15) is 4.79 Å². The number of nitrogens with one attached hydrogen (secondary N) is 1. The predicted octanol–water partition coefficient (Wildman–Crippen LogP) is 2.94. The summed E-state index contributed by atoms with van der Waals surface area (Å²) in [6.45, 7) is 0.633. The standard InChI is InChI=1S/C15H21ClN2O.ClH/c16-14-7-2-1-4-11(14)8-9-18-15(19)12-5-3-6-13(17)10-12;/h1-2,4,7,12-13H,3,5-6,8-10,17H2,(H,18,19);1H. The van der Waals surface area contributed by atoms with Crippen LogP contribution in [0.5, 0.6) is 0 Å². The molecule has 20 heavy (non-hydrogen) atoms. The van der Waals surface area contributed by atoms with Crippen LogP contribution in [0.15, 0.2) is 24.3 Å². The zero-order chi connectivity index (χ0) is 13.7. The highest BCUT2D eigenvalue weighted by atomic mass is 35.5. The van der Waals surface area contributed by atoms with Gasteiger partial charge in [0.1, 0.15) is 0 Å². The van der Waals surface area contributed by atoms with Gasteiger partial charge in [0.15, 0.2) is 0 Å². The minimum Gasteiger partial charge on any atom is -0.356 e. The fourth-order valence-electron chi connectivity index (χ4n) is 2.63. The molecule has 1 aromatic rings. The van der Waals surface area contributed by atoms with Crippen molar-refractivity contribution >= 4 is 29.9 Å². The number of hydrogen-bond donors (Lipinski definition) is 2. The van der Waals surface area contributed by atoms with Gasteiger partial charge >= 0.3 is 0 Å². The SMILES string of the molecule is Cl.NC1CCCC(C(=O)NCCc2ccccc2Cl)C1. The lowest BCUT2D eigenvalue weighted by Crippen LogP contribution is -2.38. The third-order valence-corrected chi connectivity index (χ3v) is 4.11. The summed E-state index contributed by atoms with van der Waals surface area (Å²) in [5.41, 5.74) is 6.98. The van der Waals surface area contributed by atoms with Crippen molar-refractivity contribution in [2.24, 2.45) is 11.7 Å². The third kappa shape index (κ3) is 4.97. The Bertz CT molecular complexity index is 440.